The first-order valence-corrected chi connectivity index (χ1v) is 8.61. The molecule has 6 heteroatoms. The number of halogens is 1. The Kier molecular flexibility index (Phi) is 5.66. The minimum absolute atomic E-state index is 0.528. The highest BCUT2D eigenvalue weighted by atomic mass is 35.5. The molecule has 0 aliphatic carbocycles. The second kappa shape index (κ2) is 8.12. The van der Waals surface area contributed by atoms with Crippen LogP contribution in [0.1, 0.15) is 16.7 Å². The van der Waals surface area contributed by atoms with Crippen molar-refractivity contribution in [3.05, 3.63) is 58.1 Å². The number of benzene rings is 2. The molecule has 0 amide bonds. The summed E-state index contributed by atoms with van der Waals surface area (Å²) in [6.45, 7) is 4.45. The van der Waals surface area contributed by atoms with E-state index in [1.54, 1.807) is 7.05 Å². The average Bonchev–Trinajstić information content (AvgIpc) is 2.62. The van der Waals surface area contributed by atoms with Crippen molar-refractivity contribution in [1.29, 1.82) is 0 Å². The van der Waals surface area contributed by atoms with Gasteiger partial charge in [0, 0.05) is 20.1 Å². The monoisotopic (exact) mass is 359 g/mol. The number of aryl methyl sites for hydroxylation is 1. The molecule has 0 saturated carbocycles. The van der Waals surface area contributed by atoms with E-state index in [4.69, 9.17) is 21.1 Å². The van der Waals surface area contributed by atoms with E-state index in [2.05, 4.69) is 46.8 Å². The van der Waals surface area contributed by atoms with Crippen LogP contribution in [0.15, 0.2) is 41.4 Å². The fourth-order valence-electron chi connectivity index (χ4n) is 2.68. The zero-order valence-corrected chi connectivity index (χ0v) is 15.2. The molecule has 0 fully saturated rings. The van der Waals surface area contributed by atoms with E-state index in [-0.39, 0.29) is 0 Å². The molecule has 132 valence electrons. The van der Waals surface area contributed by atoms with Crippen LogP contribution in [0.4, 0.5) is 0 Å². The third kappa shape index (κ3) is 4.57. The molecular formula is C19H22ClN3O2. The molecule has 3 rings (SSSR count). The standard InChI is InChI=1S/C19H22ClN3O2/c1-13-4-3-5-14(8-13)11-22-19(21-2)23-12-15-9-16(20)18-17(10-15)24-6-7-25-18/h3-5,8-10H,6-7,11-12H2,1-2H3,(H2,21,22,23). The van der Waals surface area contributed by atoms with Crippen LogP contribution in [0, 0.1) is 6.92 Å². The lowest BCUT2D eigenvalue weighted by molar-refractivity contribution is 0.171. The highest BCUT2D eigenvalue weighted by molar-refractivity contribution is 6.32. The van der Waals surface area contributed by atoms with Gasteiger partial charge in [0.2, 0.25) is 0 Å². The second-order valence-electron chi connectivity index (χ2n) is 5.87. The maximum absolute atomic E-state index is 6.27. The van der Waals surface area contributed by atoms with Crippen LogP contribution in [0.25, 0.3) is 0 Å². The van der Waals surface area contributed by atoms with Crippen LogP contribution in [0.2, 0.25) is 5.02 Å². The summed E-state index contributed by atoms with van der Waals surface area (Å²) >= 11 is 6.27. The van der Waals surface area contributed by atoms with Crippen LogP contribution >= 0.6 is 11.6 Å². The fourth-order valence-corrected chi connectivity index (χ4v) is 2.97. The molecule has 0 aromatic heterocycles. The normalized spacial score (nSPS) is 13.5. The largest absolute Gasteiger partial charge is 0.486 e. The Hall–Kier alpha value is -2.40. The lowest BCUT2D eigenvalue weighted by Gasteiger charge is -2.20. The van der Waals surface area contributed by atoms with E-state index in [0.717, 1.165) is 11.5 Å². The number of nitrogens with zero attached hydrogens (tertiary/aromatic N) is 1. The van der Waals surface area contributed by atoms with E-state index in [0.29, 0.717) is 42.8 Å². The minimum atomic E-state index is 0.528. The molecule has 2 aromatic rings. The van der Waals surface area contributed by atoms with Crippen molar-refractivity contribution in [2.45, 2.75) is 20.0 Å². The SMILES string of the molecule is CN=C(NCc1cccc(C)c1)NCc1cc(Cl)c2c(c1)OCCO2. The second-order valence-corrected chi connectivity index (χ2v) is 6.28. The van der Waals surface area contributed by atoms with Crippen molar-refractivity contribution in [1.82, 2.24) is 10.6 Å². The Labute approximate surface area is 153 Å². The summed E-state index contributed by atoms with van der Waals surface area (Å²) in [7, 11) is 1.75. The topological polar surface area (TPSA) is 54.9 Å². The molecule has 2 N–H and O–H groups in total. The van der Waals surface area contributed by atoms with Gasteiger partial charge in [0.05, 0.1) is 5.02 Å². The number of hydrogen-bond acceptors (Lipinski definition) is 3. The summed E-state index contributed by atoms with van der Waals surface area (Å²) < 4.78 is 11.2. The molecule has 1 aliphatic heterocycles. The van der Waals surface area contributed by atoms with Crippen molar-refractivity contribution in [2.24, 2.45) is 4.99 Å². The predicted octanol–water partition coefficient (Wildman–Crippen LogP) is 3.28. The molecule has 0 radical (unpaired) electrons. The molecule has 1 aliphatic rings. The van der Waals surface area contributed by atoms with Gasteiger partial charge in [-0.15, -0.1) is 0 Å². The zero-order chi connectivity index (χ0) is 17.6. The minimum Gasteiger partial charge on any atom is -0.486 e. The molecule has 2 aromatic carbocycles. The number of hydrogen-bond donors (Lipinski definition) is 2. The van der Waals surface area contributed by atoms with Gasteiger partial charge >= 0.3 is 0 Å². The number of aliphatic imine (C=N–C) groups is 1. The number of nitrogens with one attached hydrogen (secondary N) is 2. The quantitative estimate of drug-likeness (QED) is 0.649. The Morgan fingerprint density at radius 3 is 2.60 bits per heavy atom. The molecule has 0 spiro atoms. The van der Waals surface area contributed by atoms with Gasteiger partial charge in [0.1, 0.15) is 13.2 Å². The number of guanidine groups is 1. The van der Waals surface area contributed by atoms with Crippen molar-refractivity contribution in [2.75, 3.05) is 20.3 Å². The average molecular weight is 360 g/mol. The Balaban J connectivity index is 1.59. The number of fused-ring (bicyclic) bond motifs is 1. The van der Waals surface area contributed by atoms with Crippen molar-refractivity contribution in [3.8, 4) is 11.5 Å². The van der Waals surface area contributed by atoms with Crippen LogP contribution in [-0.4, -0.2) is 26.2 Å². The molecule has 5 nitrogen and oxygen atoms in total. The Morgan fingerprint density at radius 1 is 1.08 bits per heavy atom. The fraction of sp³-hybridized carbons (Fsp3) is 0.316. The smallest absolute Gasteiger partial charge is 0.191 e. The summed E-state index contributed by atoms with van der Waals surface area (Å²) in [6.07, 6.45) is 0. The zero-order valence-electron chi connectivity index (χ0n) is 14.4. The van der Waals surface area contributed by atoms with E-state index in [9.17, 15) is 0 Å². The highest BCUT2D eigenvalue weighted by Crippen LogP contribution is 2.38. The third-order valence-corrected chi connectivity index (χ3v) is 4.16. The first-order valence-electron chi connectivity index (χ1n) is 8.24. The van der Waals surface area contributed by atoms with Crippen molar-refractivity contribution in [3.63, 3.8) is 0 Å². The molecule has 0 bridgehead atoms. The molecule has 1 heterocycles. The van der Waals surface area contributed by atoms with E-state index >= 15 is 0 Å². The van der Waals surface area contributed by atoms with Gasteiger partial charge in [0.15, 0.2) is 17.5 Å². The Morgan fingerprint density at radius 2 is 1.84 bits per heavy atom. The third-order valence-electron chi connectivity index (χ3n) is 3.88. The summed E-state index contributed by atoms with van der Waals surface area (Å²) in [5, 5.41) is 7.16. The first kappa shape index (κ1) is 17.4. The predicted molar refractivity (Wildman–Crippen MR) is 101 cm³/mol. The maximum Gasteiger partial charge on any atom is 0.191 e. The lowest BCUT2D eigenvalue weighted by atomic mass is 10.1. The molecule has 0 saturated heterocycles. The van der Waals surface area contributed by atoms with Crippen LogP contribution < -0.4 is 20.1 Å². The van der Waals surface area contributed by atoms with Gasteiger partial charge in [-0.05, 0) is 30.2 Å². The summed E-state index contributed by atoms with van der Waals surface area (Å²) in [5.74, 6) is 2.05. The lowest BCUT2D eigenvalue weighted by Crippen LogP contribution is -2.36. The van der Waals surface area contributed by atoms with Gasteiger partial charge in [0.25, 0.3) is 0 Å². The van der Waals surface area contributed by atoms with E-state index < -0.39 is 0 Å². The highest BCUT2D eigenvalue weighted by Gasteiger charge is 2.16. The maximum atomic E-state index is 6.27. The summed E-state index contributed by atoms with van der Waals surface area (Å²) in [4.78, 5) is 4.26. The van der Waals surface area contributed by atoms with Gasteiger partial charge in [-0.3, -0.25) is 4.99 Å². The molecule has 25 heavy (non-hydrogen) atoms. The van der Waals surface area contributed by atoms with Crippen molar-refractivity contribution < 1.29 is 9.47 Å². The van der Waals surface area contributed by atoms with E-state index in [1.165, 1.54) is 11.1 Å². The summed E-state index contributed by atoms with van der Waals surface area (Å²) in [6, 6.07) is 12.2. The first-order chi connectivity index (χ1) is 12.2. The number of rotatable bonds is 4. The van der Waals surface area contributed by atoms with Crippen LogP contribution in [0.3, 0.4) is 0 Å². The van der Waals surface area contributed by atoms with Gasteiger partial charge in [-0.1, -0.05) is 41.4 Å². The van der Waals surface area contributed by atoms with Crippen LogP contribution in [-0.2, 0) is 13.1 Å². The molecule has 0 unspecified atom stereocenters. The van der Waals surface area contributed by atoms with Crippen molar-refractivity contribution >= 4 is 17.6 Å². The van der Waals surface area contributed by atoms with Gasteiger partial charge in [-0.2, -0.15) is 0 Å². The number of ether oxygens (including phenoxy) is 2. The molecule has 0 atom stereocenters. The van der Waals surface area contributed by atoms with Crippen LogP contribution in [0.5, 0.6) is 11.5 Å². The Bertz CT molecular complexity index is 777. The molecular weight excluding hydrogens is 338 g/mol. The van der Waals surface area contributed by atoms with Gasteiger partial charge < -0.3 is 20.1 Å². The van der Waals surface area contributed by atoms with E-state index in [1.807, 2.05) is 12.1 Å². The summed E-state index contributed by atoms with van der Waals surface area (Å²) in [5.41, 5.74) is 3.46. The van der Waals surface area contributed by atoms with Gasteiger partial charge in [-0.25, -0.2) is 0 Å².